The van der Waals surface area contributed by atoms with Crippen molar-refractivity contribution in [1.82, 2.24) is 19.5 Å². The average molecular weight is 287 g/mol. The molecule has 2 aromatic rings. The fourth-order valence-electron chi connectivity index (χ4n) is 2.81. The highest BCUT2D eigenvalue weighted by Gasteiger charge is 2.62. The zero-order valence-corrected chi connectivity index (χ0v) is 11.5. The molecule has 0 bridgehead atoms. The van der Waals surface area contributed by atoms with Crippen LogP contribution in [0.1, 0.15) is 25.0 Å². The number of imidazole rings is 1. The number of aliphatic carboxylic acids is 1. The number of carboxylic acids is 1. The van der Waals surface area contributed by atoms with E-state index in [1.54, 1.807) is 35.6 Å². The fraction of sp³-hybridized carbons (Fsp3) is 0.429. The Kier molecular flexibility index (Phi) is 3.42. The summed E-state index contributed by atoms with van der Waals surface area (Å²) in [4.78, 5) is 24.2. The number of hydrogen-bond donors (Lipinski definition) is 2. The minimum absolute atomic E-state index is 0.110. The molecule has 1 aliphatic carbocycles. The number of nitrogens with two attached hydrogens (primary N) is 1. The van der Waals surface area contributed by atoms with E-state index in [0.29, 0.717) is 24.6 Å². The lowest BCUT2D eigenvalue weighted by atomic mass is 9.98. The van der Waals surface area contributed by atoms with Crippen LogP contribution in [0.15, 0.2) is 31.0 Å². The zero-order chi connectivity index (χ0) is 14.9. The van der Waals surface area contributed by atoms with Gasteiger partial charge in [-0.3, -0.25) is 9.36 Å². The maximum Gasteiger partial charge on any atom is 0.316 e. The summed E-state index contributed by atoms with van der Waals surface area (Å²) in [7, 11) is 0. The molecule has 0 radical (unpaired) electrons. The molecule has 2 heterocycles. The van der Waals surface area contributed by atoms with Gasteiger partial charge in [-0.2, -0.15) is 0 Å². The summed E-state index contributed by atoms with van der Waals surface area (Å²) in [5.41, 5.74) is 5.21. The van der Waals surface area contributed by atoms with Gasteiger partial charge in [0.1, 0.15) is 11.7 Å². The van der Waals surface area contributed by atoms with E-state index in [0.717, 1.165) is 12.8 Å². The molecule has 1 fully saturated rings. The second kappa shape index (κ2) is 5.25. The number of carboxylic acid groups (broad SMARTS) is 1. The molecule has 0 saturated heterocycles. The number of nitrogens with zero attached hydrogens (tertiary/aromatic N) is 4. The molecule has 0 spiro atoms. The van der Waals surface area contributed by atoms with E-state index in [4.69, 9.17) is 5.73 Å². The summed E-state index contributed by atoms with van der Waals surface area (Å²) in [6.07, 6.45) is 8.82. The van der Waals surface area contributed by atoms with E-state index in [1.165, 1.54) is 0 Å². The molecule has 7 heteroatoms. The molecule has 3 rings (SSSR count). The minimum Gasteiger partial charge on any atom is -0.481 e. The van der Waals surface area contributed by atoms with Crippen LogP contribution in [0.25, 0.3) is 5.95 Å². The van der Waals surface area contributed by atoms with Crippen LogP contribution in [-0.2, 0) is 10.2 Å². The maximum atomic E-state index is 11.7. The van der Waals surface area contributed by atoms with Crippen LogP contribution in [0, 0.1) is 5.92 Å². The van der Waals surface area contributed by atoms with Crippen LogP contribution in [0.5, 0.6) is 0 Å². The Labute approximate surface area is 121 Å². The number of aromatic nitrogens is 4. The second-order valence-corrected chi connectivity index (χ2v) is 5.32. The predicted molar refractivity (Wildman–Crippen MR) is 74.9 cm³/mol. The first-order valence-corrected chi connectivity index (χ1v) is 6.94. The Morgan fingerprint density at radius 1 is 1.43 bits per heavy atom. The molecule has 2 aromatic heterocycles. The van der Waals surface area contributed by atoms with Gasteiger partial charge in [0, 0.05) is 18.6 Å². The SMILES string of the molecule is NCCC[C@H]1C[C@]1(C(=O)O)c1cn(-c2ncccn2)cn1. The van der Waals surface area contributed by atoms with Crippen molar-refractivity contribution in [3.8, 4) is 5.95 Å². The Hall–Kier alpha value is -2.28. The first-order valence-electron chi connectivity index (χ1n) is 6.94. The quantitative estimate of drug-likeness (QED) is 0.811. The smallest absolute Gasteiger partial charge is 0.316 e. The largest absolute Gasteiger partial charge is 0.481 e. The monoisotopic (exact) mass is 287 g/mol. The third kappa shape index (κ3) is 2.29. The van der Waals surface area contributed by atoms with Crippen molar-refractivity contribution in [2.75, 3.05) is 6.54 Å². The van der Waals surface area contributed by atoms with Gasteiger partial charge < -0.3 is 10.8 Å². The highest BCUT2D eigenvalue weighted by Crippen LogP contribution is 2.56. The summed E-state index contributed by atoms with van der Waals surface area (Å²) in [5, 5.41) is 9.60. The van der Waals surface area contributed by atoms with Crippen LogP contribution in [0.3, 0.4) is 0 Å². The van der Waals surface area contributed by atoms with Crippen LogP contribution < -0.4 is 5.73 Å². The van der Waals surface area contributed by atoms with Crippen molar-refractivity contribution in [1.29, 1.82) is 0 Å². The van der Waals surface area contributed by atoms with Crippen molar-refractivity contribution >= 4 is 5.97 Å². The molecular weight excluding hydrogens is 270 g/mol. The van der Waals surface area contributed by atoms with Gasteiger partial charge >= 0.3 is 5.97 Å². The normalized spacial score (nSPS) is 24.0. The van der Waals surface area contributed by atoms with E-state index in [9.17, 15) is 9.90 Å². The Balaban J connectivity index is 1.86. The van der Waals surface area contributed by atoms with E-state index in [-0.39, 0.29) is 5.92 Å². The summed E-state index contributed by atoms with van der Waals surface area (Å²) in [6, 6.07) is 1.73. The Morgan fingerprint density at radius 3 is 2.86 bits per heavy atom. The fourth-order valence-corrected chi connectivity index (χ4v) is 2.81. The Morgan fingerprint density at radius 2 is 2.19 bits per heavy atom. The highest BCUT2D eigenvalue weighted by atomic mass is 16.4. The standard InChI is InChI=1S/C14H17N5O2/c15-4-1-3-10-7-14(10,12(20)21)11-8-19(9-18-11)13-16-5-2-6-17-13/h2,5-6,8-10H,1,3-4,7,15H2,(H,20,21)/t10-,14+/m0/s1. The van der Waals surface area contributed by atoms with Crippen molar-refractivity contribution in [3.05, 3.63) is 36.7 Å². The third-order valence-electron chi connectivity index (χ3n) is 4.07. The van der Waals surface area contributed by atoms with E-state index >= 15 is 0 Å². The lowest BCUT2D eigenvalue weighted by Crippen LogP contribution is -2.23. The first kappa shape index (κ1) is 13.7. The first-order chi connectivity index (χ1) is 10.2. The number of carbonyl (C=O) groups is 1. The molecule has 1 saturated carbocycles. The third-order valence-corrected chi connectivity index (χ3v) is 4.07. The van der Waals surface area contributed by atoms with Gasteiger partial charge in [0.15, 0.2) is 0 Å². The summed E-state index contributed by atoms with van der Waals surface area (Å²) < 4.78 is 1.65. The summed E-state index contributed by atoms with van der Waals surface area (Å²) >= 11 is 0. The van der Waals surface area contributed by atoms with E-state index in [1.807, 2.05) is 0 Å². The summed E-state index contributed by atoms with van der Waals surface area (Å²) in [5.74, 6) is -0.224. The van der Waals surface area contributed by atoms with Gasteiger partial charge in [-0.05, 0) is 37.8 Å². The lowest BCUT2D eigenvalue weighted by molar-refractivity contribution is -0.140. The van der Waals surface area contributed by atoms with Crippen LogP contribution in [-0.4, -0.2) is 37.1 Å². The number of rotatable bonds is 6. The molecule has 2 atom stereocenters. The molecule has 0 aromatic carbocycles. The van der Waals surface area contributed by atoms with Crippen LogP contribution >= 0.6 is 0 Å². The predicted octanol–water partition coefficient (Wildman–Crippen LogP) is 0.743. The van der Waals surface area contributed by atoms with Gasteiger partial charge in [0.05, 0.1) is 5.69 Å². The average Bonchev–Trinajstić information content (AvgIpc) is 3.03. The van der Waals surface area contributed by atoms with Crippen molar-refractivity contribution in [3.63, 3.8) is 0 Å². The van der Waals surface area contributed by atoms with Crippen LogP contribution in [0.4, 0.5) is 0 Å². The van der Waals surface area contributed by atoms with Crippen molar-refractivity contribution in [2.45, 2.75) is 24.7 Å². The van der Waals surface area contributed by atoms with E-state index in [2.05, 4.69) is 15.0 Å². The molecule has 7 nitrogen and oxygen atoms in total. The van der Waals surface area contributed by atoms with Gasteiger partial charge in [-0.1, -0.05) is 0 Å². The summed E-state index contributed by atoms with van der Waals surface area (Å²) in [6.45, 7) is 0.582. The zero-order valence-electron chi connectivity index (χ0n) is 11.5. The minimum atomic E-state index is -0.866. The van der Waals surface area contributed by atoms with Crippen molar-refractivity contribution < 1.29 is 9.90 Å². The molecule has 0 amide bonds. The maximum absolute atomic E-state index is 11.7. The van der Waals surface area contributed by atoms with Gasteiger partial charge in [-0.25, -0.2) is 15.0 Å². The molecule has 3 N–H and O–H groups in total. The number of hydrogen-bond acceptors (Lipinski definition) is 5. The van der Waals surface area contributed by atoms with Gasteiger partial charge in [0.2, 0.25) is 5.95 Å². The van der Waals surface area contributed by atoms with Gasteiger partial charge in [0.25, 0.3) is 0 Å². The lowest BCUT2D eigenvalue weighted by Gasteiger charge is -2.09. The molecule has 1 aliphatic rings. The van der Waals surface area contributed by atoms with Gasteiger partial charge in [-0.15, -0.1) is 0 Å². The van der Waals surface area contributed by atoms with Crippen molar-refractivity contribution in [2.24, 2.45) is 11.7 Å². The van der Waals surface area contributed by atoms with E-state index < -0.39 is 11.4 Å². The molecule has 110 valence electrons. The second-order valence-electron chi connectivity index (χ2n) is 5.32. The highest BCUT2D eigenvalue weighted by molar-refractivity contribution is 5.85. The Bertz CT molecular complexity index is 642. The topological polar surface area (TPSA) is 107 Å². The van der Waals surface area contributed by atoms with Crippen LogP contribution in [0.2, 0.25) is 0 Å². The molecule has 0 aliphatic heterocycles. The molecule has 0 unspecified atom stereocenters. The molecular formula is C14H17N5O2. The molecule has 21 heavy (non-hydrogen) atoms.